The molecule has 0 bridgehead atoms. The number of aliphatic hydroxyl groups is 1. The van der Waals surface area contributed by atoms with E-state index in [0.29, 0.717) is 5.75 Å². The minimum atomic E-state index is -1.24. The van der Waals surface area contributed by atoms with Gasteiger partial charge in [-0.15, -0.1) is 0 Å². The standard InChI is InChI=1S/C10H13NO3S/c12-9(10(13)14)3-5-15-7-8-2-1-4-11-6-8/h1-2,4,6,9,12H,3,5,7H2,(H,13,14). The molecular formula is C10H13NO3S. The zero-order valence-electron chi connectivity index (χ0n) is 8.17. The summed E-state index contributed by atoms with van der Waals surface area (Å²) in [5.41, 5.74) is 1.10. The first-order valence-electron chi connectivity index (χ1n) is 4.57. The molecule has 0 aliphatic rings. The minimum absolute atomic E-state index is 0.278. The molecule has 0 saturated carbocycles. The molecule has 1 aromatic rings. The van der Waals surface area contributed by atoms with Gasteiger partial charge in [-0.05, 0) is 23.8 Å². The van der Waals surface area contributed by atoms with E-state index < -0.39 is 12.1 Å². The van der Waals surface area contributed by atoms with E-state index >= 15 is 0 Å². The number of hydrogen-bond donors (Lipinski definition) is 2. The number of pyridine rings is 1. The van der Waals surface area contributed by atoms with Gasteiger partial charge in [0.15, 0.2) is 6.10 Å². The van der Waals surface area contributed by atoms with Gasteiger partial charge in [-0.25, -0.2) is 4.79 Å². The van der Waals surface area contributed by atoms with Crippen molar-refractivity contribution in [2.24, 2.45) is 0 Å². The van der Waals surface area contributed by atoms with Crippen LogP contribution in [0, 0.1) is 0 Å². The van der Waals surface area contributed by atoms with Crippen molar-refractivity contribution >= 4 is 17.7 Å². The third-order valence-electron chi connectivity index (χ3n) is 1.81. The second-order valence-corrected chi connectivity index (χ2v) is 4.16. The molecule has 1 atom stereocenters. The van der Waals surface area contributed by atoms with E-state index in [2.05, 4.69) is 4.98 Å². The lowest BCUT2D eigenvalue weighted by atomic mass is 10.3. The highest BCUT2D eigenvalue weighted by atomic mass is 32.2. The molecule has 1 rings (SSSR count). The predicted octanol–water partition coefficient (Wildman–Crippen LogP) is 1.15. The molecule has 0 aliphatic heterocycles. The number of rotatable bonds is 6. The monoisotopic (exact) mass is 227 g/mol. The lowest BCUT2D eigenvalue weighted by molar-refractivity contribution is -0.146. The first-order chi connectivity index (χ1) is 7.20. The van der Waals surface area contributed by atoms with Crippen LogP contribution in [-0.4, -0.2) is 33.0 Å². The molecule has 1 aromatic heterocycles. The quantitative estimate of drug-likeness (QED) is 0.713. The molecular weight excluding hydrogens is 214 g/mol. The first-order valence-corrected chi connectivity index (χ1v) is 5.73. The van der Waals surface area contributed by atoms with E-state index in [1.54, 1.807) is 24.2 Å². The molecule has 0 spiro atoms. The average Bonchev–Trinajstić information content (AvgIpc) is 2.25. The second-order valence-electron chi connectivity index (χ2n) is 3.06. The summed E-state index contributed by atoms with van der Waals surface area (Å²) in [6, 6.07) is 3.83. The van der Waals surface area contributed by atoms with Crippen LogP contribution < -0.4 is 0 Å². The van der Waals surface area contributed by atoms with E-state index in [-0.39, 0.29) is 6.42 Å². The largest absolute Gasteiger partial charge is 0.479 e. The van der Waals surface area contributed by atoms with Gasteiger partial charge in [0.2, 0.25) is 0 Å². The van der Waals surface area contributed by atoms with E-state index in [1.807, 2.05) is 12.1 Å². The Morgan fingerprint density at radius 1 is 1.60 bits per heavy atom. The van der Waals surface area contributed by atoms with Crippen molar-refractivity contribution in [3.8, 4) is 0 Å². The van der Waals surface area contributed by atoms with Crippen LogP contribution in [0.15, 0.2) is 24.5 Å². The third kappa shape index (κ3) is 4.80. The van der Waals surface area contributed by atoms with Crippen molar-refractivity contribution < 1.29 is 15.0 Å². The third-order valence-corrected chi connectivity index (χ3v) is 2.87. The number of aliphatic hydroxyl groups excluding tert-OH is 1. The van der Waals surface area contributed by atoms with Gasteiger partial charge in [-0.2, -0.15) is 11.8 Å². The van der Waals surface area contributed by atoms with Crippen molar-refractivity contribution in [3.05, 3.63) is 30.1 Å². The molecule has 1 unspecified atom stereocenters. The summed E-state index contributed by atoms with van der Waals surface area (Å²) in [4.78, 5) is 14.3. The van der Waals surface area contributed by atoms with Crippen LogP contribution >= 0.6 is 11.8 Å². The summed E-state index contributed by atoms with van der Waals surface area (Å²) in [6.07, 6.45) is 2.52. The van der Waals surface area contributed by atoms with Crippen molar-refractivity contribution in [2.75, 3.05) is 5.75 Å². The zero-order valence-corrected chi connectivity index (χ0v) is 8.98. The number of aromatic nitrogens is 1. The molecule has 0 aliphatic carbocycles. The van der Waals surface area contributed by atoms with Crippen LogP contribution in [0.3, 0.4) is 0 Å². The summed E-state index contributed by atoms with van der Waals surface area (Å²) in [7, 11) is 0. The Balaban J connectivity index is 2.15. The van der Waals surface area contributed by atoms with Gasteiger partial charge in [0, 0.05) is 18.1 Å². The number of carboxylic acids is 1. The SMILES string of the molecule is O=C(O)C(O)CCSCc1cccnc1. The lowest BCUT2D eigenvalue weighted by Crippen LogP contribution is -2.19. The smallest absolute Gasteiger partial charge is 0.332 e. The zero-order chi connectivity index (χ0) is 11.1. The van der Waals surface area contributed by atoms with E-state index in [0.717, 1.165) is 11.3 Å². The van der Waals surface area contributed by atoms with E-state index in [9.17, 15) is 4.79 Å². The van der Waals surface area contributed by atoms with Crippen molar-refractivity contribution in [2.45, 2.75) is 18.3 Å². The van der Waals surface area contributed by atoms with Gasteiger partial charge in [0.1, 0.15) is 0 Å². The lowest BCUT2D eigenvalue weighted by Gasteiger charge is -2.04. The fraction of sp³-hybridized carbons (Fsp3) is 0.400. The summed E-state index contributed by atoms with van der Waals surface area (Å²) < 4.78 is 0. The van der Waals surface area contributed by atoms with Gasteiger partial charge < -0.3 is 10.2 Å². The molecule has 15 heavy (non-hydrogen) atoms. The van der Waals surface area contributed by atoms with Crippen LogP contribution in [0.5, 0.6) is 0 Å². The minimum Gasteiger partial charge on any atom is -0.479 e. The Morgan fingerprint density at radius 3 is 3.00 bits per heavy atom. The van der Waals surface area contributed by atoms with Gasteiger partial charge >= 0.3 is 5.97 Å². The summed E-state index contributed by atoms with van der Waals surface area (Å²) in [5, 5.41) is 17.4. The maximum absolute atomic E-state index is 10.3. The van der Waals surface area contributed by atoms with Crippen molar-refractivity contribution in [1.29, 1.82) is 0 Å². The highest BCUT2D eigenvalue weighted by molar-refractivity contribution is 7.98. The summed E-state index contributed by atoms with van der Waals surface area (Å²) in [6.45, 7) is 0. The fourth-order valence-corrected chi connectivity index (χ4v) is 1.93. The predicted molar refractivity (Wildman–Crippen MR) is 58.7 cm³/mol. The molecule has 0 amide bonds. The average molecular weight is 227 g/mol. The van der Waals surface area contributed by atoms with Crippen molar-refractivity contribution in [3.63, 3.8) is 0 Å². The maximum Gasteiger partial charge on any atom is 0.332 e. The number of hydrogen-bond acceptors (Lipinski definition) is 4. The van der Waals surface area contributed by atoms with Crippen LogP contribution in [0.1, 0.15) is 12.0 Å². The maximum atomic E-state index is 10.3. The molecule has 0 saturated heterocycles. The number of aliphatic carboxylic acids is 1. The molecule has 5 heteroatoms. The number of carbonyl (C=O) groups is 1. The number of nitrogens with zero attached hydrogens (tertiary/aromatic N) is 1. The Bertz CT molecular complexity index is 305. The molecule has 82 valence electrons. The molecule has 2 N–H and O–H groups in total. The molecule has 0 fully saturated rings. The summed E-state index contributed by atoms with van der Waals surface area (Å²) >= 11 is 1.59. The van der Waals surface area contributed by atoms with Gasteiger partial charge in [0.25, 0.3) is 0 Å². The van der Waals surface area contributed by atoms with Gasteiger partial charge in [-0.3, -0.25) is 4.98 Å². The highest BCUT2D eigenvalue weighted by Crippen LogP contribution is 2.12. The Morgan fingerprint density at radius 2 is 2.40 bits per heavy atom. The van der Waals surface area contributed by atoms with E-state index in [4.69, 9.17) is 10.2 Å². The number of thioether (sulfide) groups is 1. The molecule has 0 aromatic carbocycles. The van der Waals surface area contributed by atoms with Crippen LogP contribution in [0.4, 0.5) is 0 Å². The van der Waals surface area contributed by atoms with E-state index in [1.165, 1.54) is 0 Å². The Hall–Kier alpha value is -1.07. The number of carboxylic acid groups (broad SMARTS) is 1. The normalized spacial score (nSPS) is 12.3. The molecule has 0 radical (unpaired) electrons. The summed E-state index contributed by atoms with van der Waals surface area (Å²) in [5.74, 6) is 0.264. The van der Waals surface area contributed by atoms with Gasteiger partial charge in [0.05, 0.1) is 0 Å². The Kier molecular flexibility index (Phi) is 5.14. The topological polar surface area (TPSA) is 70.4 Å². The Labute approximate surface area is 92.3 Å². The second kappa shape index (κ2) is 6.42. The molecule has 1 heterocycles. The fourth-order valence-electron chi connectivity index (χ4n) is 0.992. The molecule has 4 nitrogen and oxygen atoms in total. The highest BCUT2D eigenvalue weighted by Gasteiger charge is 2.11. The van der Waals surface area contributed by atoms with Gasteiger partial charge in [-0.1, -0.05) is 6.07 Å². The first kappa shape index (κ1) is 12.0. The van der Waals surface area contributed by atoms with Crippen LogP contribution in [0.25, 0.3) is 0 Å². The van der Waals surface area contributed by atoms with Crippen molar-refractivity contribution in [1.82, 2.24) is 4.98 Å². The van der Waals surface area contributed by atoms with Crippen LogP contribution in [-0.2, 0) is 10.5 Å². The van der Waals surface area contributed by atoms with Crippen LogP contribution in [0.2, 0.25) is 0 Å².